The van der Waals surface area contributed by atoms with Gasteiger partial charge in [-0.25, -0.2) is 0 Å². The Kier molecular flexibility index (Phi) is 2.86. The van der Waals surface area contributed by atoms with E-state index in [4.69, 9.17) is 5.73 Å². The molecule has 0 aromatic heterocycles. The van der Waals surface area contributed by atoms with Crippen LogP contribution in [0.1, 0.15) is 30.4 Å². The van der Waals surface area contributed by atoms with E-state index in [-0.39, 0.29) is 5.91 Å². The summed E-state index contributed by atoms with van der Waals surface area (Å²) < 4.78 is 0. The normalized spacial score (nSPS) is 14.9. The molecule has 0 radical (unpaired) electrons. The van der Waals surface area contributed by atoms with Crippen LogP contribution in [0.2, 0.25) is 0 Å². The molecule has 1 aliphatic rings. The van der Waals surface area contributed by atoms with E-state index in [9.17, 15) is 4.79 Å². The summed E-state index contributed by atoms with van der Waals surface area (Å²) in [6, 6.07) is 3.84. The van der Waals surface area contributed by atoms with Gasteiger partial charge in [-0.2, -0.15) is 0 Å². The summed E-state index contributed by atoms with van der Waals surface area (Å²) >= 11 is 0. The largest absolute Gasteiger partial charge is 0.398 e. The SMILES string of the molecule is Cc1cc(C)c(NC(=O)CC2CC2)cc1N. The van der Waals surface area contributed by atoms with E-state index in [1.807, 2.05) is 26.0 Å². The van der Waals surface area contributed by atoms with Crippen LogP contribution in [-0.4, -0.2) is 5.91 Å². The molecule has 1 aliphatic carbocycles. The monoisotopic (exact) mass is 218 g/mol. The summed E-state index contributed by atoms with van der Waals surface area (Å²) in [4.78, 5) is 11.7. The Balaban J connectivity index is 2.07. The number of benzene rings is 1. The summed E-state index contributed by atoms with van der Waals surface area (Å²) in [5.74, 6) is 0.719. The molecule has 1 amide bonds. The Bertz CT molecular complexity index is 422. The smallest absolute Gasteiger partial charge is 0.224 e. The van der Waals surface area contributed by atoms with Crippen LogP contribution in [0, 0.1) is 19.8 Å². The predicted molar refractivity (Wildman–Crippen MR) is 66.3 cm³/mol. The van der Waals surface area contributed by atoms with E-state index in [1.54, 1.807) is 0 Å². The fourth-order valence-corrected chi connectivity index (χ4v) is 1.79. The standard InChI is InChI=1S/C13H18N2O/c1-8-5-9(2)12(7-11(8)14)15-13(16)6-10-3-4-10/h5,7,10H,3-4,6,14H2,1-2H3,(H,15,16). The molecule has 0 heterocycles. The molecule has 0 spiro atoms. The molecule has 3 N–H and O–H groups in total. The molecule has 1 aromatic rings. The van der Waals surface area contributed by atoms with Gasteiger partial charge in [0, 0.05) is 17.8 Å². The highest BCUT2D eigenvalue weighted by Gasteiger charge is 2.24. The van der Waals surface area contributed by atoms with Gasteiger partial charge in [0.15, 0.2) is 0 Å². The van der Waals surface area contributed by atoms with Crippen molar-refractivity contribution in [1.82, 2.24) is 0 Å². The molecule has 1 aromatic carbocycles. The molecule has 86 valence electrons. The average Bonchev–Trinajstić information content (AvgIpc) is 2.98. The quantitative estimate of drug-likeness (QED) is 0.766. The Morgan fingerprint density at radius 3 is 2.69 bits per heavy atom. The van der Waals surface area contributed by atoms with Gasteiger partial charge < -0.3 is 11.1 Å². The van der Waals surface area contributed by atoms with Crippen LogP contribution in [0.25, 0.3) is 0 Å². The third-order valence-corrected chi connectivity index (χ3v) is 3.06. The van der Waals surface area contributed by atoms with Crippen molar-refractivity contribution in [2.45, 2.75) is 33.1 Å². The second-order valence-electron chi connectivity index (χ2n) is 4.72. The van der Waals surface area contributed by atoms with Gasteiger partial charge >= 0.3 is 0 Å². The first-order valence-electron chi connectivity index (χ1n) is 5.73. The summed E-state index contributed by atoms with van der Waals surface area (Å²) in [7, 11) is 0. The van der Waals surface area contributed by atoms with Crippen LogP contribution in [0.15, 0.2) is 12.1 Å². The van der Waals surface area contributed by atoms with Crippen LogP contribution >= 0.6 is 0 Å². The minimum atomic E-state index is 0.105. The first-order chi connectivity index (χ1) is 7.56. The van der Waals surface area contributed by atoms with Crippen molar-refractivity contribution in [3.8, 4) is 0 Å². The topological polar surface area (TPSA) is 55.1 Å². The van der Waals surface area contributed by atoms with Gasteiger partial charge in [-0.15, -0.1) is 0 Å². The summed E-state index contributed by atoms with van der Waals surface area (Å²) in [5.41, 5.74) is 9.52. The zero-order chi connectivity index (χ0) is 11.7. The minimum absolute atomic E-state index is 0.105. The van der Waals surface area contributed by atoms with Crippen molar-refractivity contribution in [2.24, 2.45) is 5.92 Å². The summed E-state index contributed by atoms with van der Waals surface area (Å²) in [6.07, 6.45) is 3.04. The van der Waals surface area contributed by atoms with E-state index in [1.165, 1.54) is 12.8 Å². The highest BCUT2D eigenvalue weighted by atomic mass is 16.1. The molecule has 0 atom stereocenters. The van der Waals surface area contributed by atoms with Crippen LogP contribution in [0.4, 0.5) is 11.4 Å². The third kappa shape index (κ3) is 2.54. The lowest BCUT2D eigenvalue weighted by atomic mass is 10.1. The van der Waals surface area contributed by atoms with Gasteiger partial charge in [-0.3, -0.25) is 4.79 Å². The molecule has 0 bridgehead atoms. The number of nitrogens with one attached hydrogen (secondary N) is 1. The van der Waals surface area contributed by atoms with Crippen molar-refractivity contribution in [1.29, 1.82) is 0 Å². The summed E-state index contributed by atoms with van der Waals surface area (Å²) in [6.45, 7) is 3.96. The highest BCUT2D eigenvalue weighted by molar-refractivity contribution is 5.92. The molecule has 2 rings (SSSR count). The molecular formula is C13H18N2O. The second kappa shape index (κ2) is 4.16. The lowest BCUT2D eigenvalue weighted by Crippen LogP contribution is -2.13. The van der Waals surface area contributed by atoms with E-state index in [2.05, 4.69) is 5.32 Å². The van der Waals surface area contributed by atoms with Crippen molar-refractivity contribution in [3.63, 3.8) is 0 Å². The number of aryl methyl sites for hydroxylation is 2. The zero-order valence-electron chi connectivity index (χ0n) is 9.84. The number of carbonyl (C=O) groups is 1. The third-order valence-electron chi connectivity index (χ3n) is 3.06. The van der Waals surface area contributed by atoms with Crippen LogP contribution in [-0.2, 0) is 4.79 Å². The Hall–Kier alpha value is -1.51. The second-order valence-corrected chi connectivity index (χ2v) is 4.72. The summed E-state index contributed by atoms with van der Waals surface area (Å²) in [5, 5.41) is 2.93. The number of nitrogen functional groups attached to an aromatic ring is 1. The van der Waals surface area contributed by atoms with Crippen molar-refractivity contribution < 1.29 is 4.79 Å². The molecule has 3 nitrogen and oxygen atoms in total. The van der Waals surface area contributed by atoms with E-state index < -0.39 is 0 Å². The van der Waals surface area contributed by atoms with Crippen LogP contribution in [0.5, 0.6) is 0 Å². The van der Waals surface area contributed by atoms with E-state index in [0.717, 1.165) is 22.5 Å². The Morgan fingerprint density at radius 1 is 1.38 bits per heavy atom. The van der Waals surface area contributed by atoms with E-state index >= 15 is 0 Å². The predicted octanol–water partition coefficient (Wildman–Crippen LogP) is 2.62. The molecule has 1 saturated carbocycles. The molecule has 0 aliphatic heterocycles. The van der Waals surface area contributed by atoms with Gasteiger partial charge in [0.2, 0.25) is 5.91 Å². The maximum atomic E-state index is 11.7. The van der Waals surface area contributed by atoms with Gasteiger partial charge in [0.1, 0.15) is 0 Å². The van der Waals surface area contributed by atoms with Crippen molar-refractivity contribution >= 4 is 17.3 Å². The number of hydrogen-bond acceptors (Lipinski definition) is 2. The molecule has 0 unspecified atom stereocenters. The minimum Gasteiger partial charge on any atom is -0.398 e. The number of anilines is 2. The number of hydrogen-bond donors (Lipinski definition) is 2. The fourth-order valence-electron chi connectivity index (χ4n) is 1.79. The zero-order valence-corrected chi connectivity index (χ0v) is 9.84. The fraction of sp³-hybridized carbons (Fsp3) is 0.462. The van der Waals surface area contributed by atoms with E-state index in [0.29, 0.717) is 12.3 Å². The maximum Gasteiger partial charge on any atom is 0.224 e. The molecular weight excluding hydrogens is 200 g/mol. The molecule has 1 fully saturated rings. The lowest BCUT2D eigenvalue weighted by molar-refractivity contribution is -0.116. The van der Waals surface area contributed by atoms with Gasteiger partial charge in [0.25, 0.3) is 0 Å². The van der Waals surface area contributed by atoms with Crippen molar-refractivity contribution in [2.75, 3.05) is 11.1 Å². The number of carbonyl (C=O) groups excluding carboxylic acids is 1. The Morgan fingerprint density at radius 2 is 2.06 bits per heavy atom. The number of amides is 1. The average molecular weight is 218 g/mol. The van der Waals surface area contributed by atoms with Crippen LogP contribution in [0.3, 0.4) is 0 Å². The lowest BCUT2D eigenvalue weighted by Gasteiger charge is -2.11. The first kappa shape index (κ1) is 11.0. The van der Waals surface area contributed by atoms with Crippen LogP contribution < -0.4 is 11.1 Å². The van der Waals surface area contributed by atoms with Crippen molar-refractivity contribution in [3.05, 3.63) is 23.3 Å². The number of nitrogens with two attached hydrogens (primary N) is 1. The first-order valence-corrected chi connectivity index (χ1v) is 5.73. The van der Waals surface area contributed by atoms with Gasteiger partial charge in [0.05, 0.1) is 0 Å². The van der Waals surface area contributed by atoms with Gasteiger partial charge in [-0.05, 0) is 49.8 Å². The number of rotatable bonds is 3. The van der Waals surface area contributed by atoms with Gasteiger partial charge in [-0.1, -0.05) is 6.07 Å². The highest BCUT2D eigenvalue weighted by Crippen LogP contribution is 2.33. The molecule has 16 heavy (non-hydrogen) atoms. The molecule has 3 heteroatoms. The Labute approximate surface area is 96.0 Å². The molecule has 0 saturated heterocycles. The maximum absolute atomic E-state index is 11.7.